The van der Waals surface area contributed by atoms with Gasteiger partial charge in [0.1, 0.15) is 5.60 Å². The van der Waals surface area contributed by atoms with Gasteiger partial charge in [0.05, 0.1) is 4.92 Å². The molecule has 0 aliphatic rings. The minimum absolute atomic E-state index is 0.00165. The number of ether oxygens (including phenoxy) is 1. The summed E-state index contributed by atoms with van der Waals surface area (Å²) in [5.41, 5.74) is 0.359. The lowest BCUT2D eigenvalue weighted by molar-refractivity contribution is -0.384. The molecule has 1 rings (SSSR count). The largest absolute Gasteiger partial charge is 0.444 e. The zero-order valence-corrected chi connectivity index (χ0v) is 15.8. The second-order valence-corrected chi connectivity index (χ2v) is 7.47. The lowest BCUT2D eigenvalue weighted by atomic mass is 10.0. The molecule has 0 saturated carbocycles. The highest BCUT2D eigenvalue weighted by atomic mass is 16.6. The molecule has 1 aromatic carbocycles. The third kappa shape index (κ3) is 7.51. The van der Waals surface area contributed by atoms with E-state index in [-0.39, 0.29) is 23.7 Å². The van der Waals surface area contributed by atoms with E-state index in [2.05, 4.69) is 24.5 Å². The predicted molar refractivity (Wildman–Crippen MR) is 97.5 cm³/mol. The molecule has 0 aliphatic heterocycles. The van der Waals surface area contributed by atoms with Gasteiger partial charge in [0, 0.05) is 30.8 Å². The predicted octanol–water partition coefficient (Wildman–Crippen LogP) is 3.79. The quantitative estimate of drug-likeness (QED) is 0.576. The van der Waals surface area contributed by atoms with Gasteiger partial charge < -0.3 is 15.4 Å². The van der Waals surface area contributed by atoms with Crippen LogP contribution in [0.3, 0.4) is 0 Å². The Bertz CT molecular complexity index is 596. The molecular weight excluding hydrogens is 322 g/mol. The van der Waals surface area contributed by atoms with Gasteiger partial charge in [-0.1, -0.05) is 26.0 Å². The Morgan fingerprint density at radius 2 is 1.92 bits per heavy atom. The summed E-state index contributed by atoms with van der Waals surface area (Å²) in [7, 11) is 0. The van der Waals surface area contributed by atoms with Crippen molar-refractivity contribution in [1.82, 2.24) is 10.6 Å². The number of nitro benzene ring substituents is 1. The molecule has 0 saturated heterocycles. The molecule has 2 unspecified atom stereocenters. The van der Waals surface area contributed by atoms with Crippen molar-refractivity contribution in [2.24, 2.45) is 5.92 Å². The Balaban J connectivity index is 2.69. The van der Waals surface area contributed by atoms with E-state index in [1.54, 1.807) is 12.1 Å². The Labute approximate surface area is 149 Å². The van der Waals surface area contributed by atoms with Crippen molar-refractivity contribution in [3.8, 4) is 0 Å². The second-order valence-electron chi connectivity index (χ2n) is 7.47. The third-order valence-corrected chi connectivity index (χ3v) is 3.72. The summed E-state index contributed by atoms with van der Waals surface area (Å²) in [6, 6.07) is 6.48. The van der Waals surface area contributed by atoms with Gasteiger partial charge in [-0.3, -0.25) is 10.1 Å². The first kappa shape index (κ1) is 20.9. The first-order valence-electron chi connectivity index (χ1n) is 8.47. The number of nitrogens with one attached hydrogen (secondary N) is 2. The Hall–Kier alpha value is -2.15. The van der Waals surface area contributed by atoms with Crippen molar-refractivity contribution in [1.29, 1.82) is 0 Å². The average molecular weight is 351 g/mol. The fraction of sp³-hybridized carbons (Fsp3) is 0.611. The molecule has 1 amide bonds. The maximum absolute atomic E-state index is 11.8. The minimum atomic E-state index is -0.541. The molecule has 7 nitrogen and oxygen atoms in total. The van der Waals surface area contributed by atoms with Crippen molar-refractivity contribution in [2.75, 3.05) is 6.54 Å². The van der Waals surface area contributed by atoms with Gasteiger partial charge >= 0.3 is 6.09 Å². The van der Waals surface area contributed by atoms with Gasteiger partial charge in [-0.15, -0.1) is 0 Å². The van der Waals surface area contributed by atoms with Crippen LogP contribution in [0, 0.1) is 16.0 Å². The van der Waals surface area contributed by atoms with Crippen LogP contribution in [0.5, 0.6) is 0 Å². The SMILES string of the molecule is CC(NC(CNC(=O)OC(C)(C)C)C(C)C)c1cccc([N+](=O)[O-])c1. The fourth-order valence-corrected chi connectivity index (χ4v) is 2.32. The van der Waals surface area contributed by atoms with Crippen LogP contribution in [-0.4, -0.2) is 29.2 Å². The molecule has 0 heterocycles. The molecular formula is C18H29N3O4. The number of rotatable bonds is 7. The standard InChI is InChI=1S/C18H29N3O4/c1-12(2)16(11-19-17(22)25-18(4,5)6)20-13(3)14-8-7-9-15(10-14)21(23)24/h7-10,12-13,16,20H,11H2,1-6H3,(H,19,22). The van der Waals surface area contributed by atoms with Crippen LogP contribution in [0.25, 0.3) is 0 Å². The summed E-state index contributed by atoms with van der Waals surface area (Å²) in [5, 5.41) is 17.1. The zero-order valence-electron chi connectivity index (χ0n) is 15.8. The van der Waals surface area contributed by atoms with E-state index in [0.717, 1.165) is 5.56 Å². The number of nitro groups is 1. The molecule has 7 heteroatoms. The summed E-state index contributed by atoms with van der Waals surface area (Å²) in [6.07, 6.45) is -0.456. The number of hydrogen-bond donors (Lipinski definition) is 2. The topological polar surface area (TPSA) is 93.5 Å². The van der Waals surface area contributed by atoms with Gasteiger partial charge in [-0.25, -0.2) is 4.79 Å². The Morgan fingerprint density at radius 1 is 1.28 bits per heavy atom. The van der Waals surface area contributed by atoms with E-state index in [1.807, 2.05) is 33.8 Å². The number of non-ortho nitro benzene ring substituents is 1. The highest BCUT2D eigenvalue weighted by Gasteiger charge is 2.21. The summed E-state index contributed by atoms with van der Waals surface area (Å²) in [5.74, 6) is 0.260. The number of nitrogens with zero attached hydrogens (tertiary/aromatic N) is 1. The lowest BCUT2D eigenvalue weighted by Crippen LogP contribution is -2.46. The van der Waals surface area contributed by atoms with Crippen LogP contribution < -0.4 is 10.6 Å². The third-order valence-electron chi connectivity index (χ3n) is 3.72. The Morgan fingerprint density at radius 3 is 2.44 bits per heavy atom. The smallest absolute Gasteiger partial charge is 0.407 e. The highest BCUT2D eigenvalue weighted by Crippen LogP contribution is 2.20. The van der Waals surface area contributed by atoms with Crippen molar-refractivity contribution in [3.63, 3.8) is 0 Å². The van der Waals surface area contributed by atoms with Crippen LogP contribution in [-0.2, 0) is 4.74 Å². The minimum Gasteiger partial charge on any atom is -0.444 e. The molecule has 0 radical (unpaired) electrons. The second kappa shape index (κ2) is 8.80. The molecule has 0 bridgehead atoms. The monoisotopic (exact) mass is 351 g/mol. The van der Waals surface area contributed by atoms with E-state index in [1.165, 1.54) is 6.07 Å². The van der Waals surface area contributed by atoms with Gasteiger partial charge in [-0.05, 0) is 39.2 Å². The average Bonchev–Trinajstić information content (AvgIpc) is 2.49. The molecule has 0 spiro atoms. The van der Waals surface area contributed by atoms with Crippen LogP contribution in [0.2, 0.25) is 0 Å². The molecule has 1 aromatic rings. The van der Waals surface area contributed by atoms with Crippen LogP contribution in [0.15, 0.2) is 24.3 Å². The van der Waals surface area contributed by atoms with Gasteiger partial charge in [0.15, 0.2) is 0 Å². The van der Waals surface area contributed by atoms with Crippen LogP contribution >= 0.6 is 0 Å². The summed E-state index contributed by atoms with van der Waals surface area (Å²) in [6.45, 7) is 11.9. The number of carbonyl (C=O) groups is 1. The van der Waals surface area contributed by atoms with E-state index in [0.29, 0.717) is 6.54 Å². The number of alkyl carbamates (subject to hydrolysis) is 1. The molecule has 140 valence electrons. The van der Waals surface area contributed by atoms with Crippen molar-refractivity contribution < 1.29 is 14.5 Å². The Kier molecular flexibility index (Phi) is 7.36. The van der Waals surface area contributed by atoms with Crippen molar-refractivity contribution in [2.45, 2.75) is 59.2 Å². The summed E-state index contributed by atoms with van der Waals surface area (Å²) in [4.78, 5) is 22.3. The normalized spacial score (nSPS) is 14.0. The number of carbonyl (C=O) groups excluding carboxylic acids is 1. The summed E-state index contributed by atoms with van der Waals surface area (Å²) >= 11 is 0. The maximum atomic E-state index is 11.8. The number of hydrogen-bond acceptors (Lipinski definition) is 5. The fourth-order valence-electron chi connectivity index (χ4n) is 2.32. The maximum Gasteiger partial charge on any atom is 0.407 e. The van der Waals surface area contributed by atoms with Gasteiger partial charge in [-0.2, -0.15) is 0 Å². The molecule has 2 N–H and O–H groups in total. The lowest BCUT2D eigenvalue weighted by Gasteiger charge is -2.28. The van der Waals surface area contributed by atoms with Crippen molar-refractivity contribution >= 4 is 11.8 Å². The van der Waals surface area contributed by atoms with E-state index >= 15 is 0 Å². The molecule has 0 aliphatic carbocycles. The highest BCUT2D eigenvalue weighted by molar-refractivity contribution is 5.67. The first-order chi connectivity index (χ1) is 11.5. The molecule has 25 heavy (non-hydrogen) atoms. The van der Waals surface area contributed by atoms with Crippen LogP contribution in [0.1, 0.15) is 53.1 Å². The number of amides is 1. The number of benzene rings is 1. The van der Waals surface area contributed by atoms with Gasteiger partial charge in [0.2, 0.25) is 0 Å². The van der Waals surface area contributed by atoms with E-state index < -0.39 is 16.6 Å². The molecule has 0 fully saturated rings. The van der Waals surface area contributed by atoms with E-state index in [4.69, 9.17) is 4.74 Å². The molecule has 2 atom stereocenters. The molecule has 0 aromatic heterocycles. The first-order valence-corrected chi connectivity index (χ1v) is 8.47. The zero-order chi connectivity index (χ0) is 19.2. The van der Waals surface area contributed by atoms with E-state index in [9.17, 15) is 14.9 Å². The van der Waals surface area contributed by atoms with Crippen molar-refractivity contribution in [3.05, 3.63) is 39.9 Å². The van der Waals surface area contributed by atoms with Gasteiger partial charge in [0.25, 0.3) is 5.69 Å². The summed E-state index contributed by atoms with van der Waals surface area (Å²) < 4.78 is 5.25. The van der Waals surface area contributed by atoms with Crippen LogP contribution in [0.4, 0.5) is 10.5 Å².